The molecule has 0 fully saturated rings. The lowest BCUT2D eigenvalue weighted by Crippen LogP contribution is -2.00. The number of aromatic nitrogens is 3. The average Bonchev–Trinajstić information content (AvgIpc) is 3.87. The number of nitrogens with zero attached hydrogens (tertiary/aromatic N) is 3. The lowest BCUT2D eigenvalue weighted by Gasteiger charge is -2.15. The number of oxazole rings is 1. The molecule has 0 saturated carbocycles. The van der Waals surface area contributed by atoms with Crippen molar-refractivity contribution in [2.45, 2.75) is 0 Å². The second-order valence-electron chi connectivity index (χ2n) is 12.6. The zero-order valence-electron chi connectivity index (χ0n) is 25.8. The van der Waals surface area contributed by atoms with Gasteiger partial charge < -0.3 is 13.6 Å². The van der Waals surface area contributed by atoms with E-state index < -0.39 is 0 Å². The molecule has 0 spiro atoms. The van der Waals surface area contributed by atoms with E-state index in [1.165, 1.54) is 43.6 Å². The third-order valence-corrected chi connectivity index (χ3v) is 10.0. The smallest absolute Gasteiger partial charge is 0.213 e. The molecule has 0 aliphatic heterocycles. The number of rotatable bonds is 3. The lowest BCUT2D eigenvalue weighted by molar-refractivity contribution is 0.658. The molecule has 224 valence electrons. The molecule has 0 saturated heterocycles. The first-order valence-corrected chi connectivity index (χ1v) is 16.4. The second-order valence-corrected chi connectivity index (χ2v) is 12.6. The van der Waals surface area contributed by atoms with Crippen molar-refractivity contribution in [3.05, 3.63) is 164 Å². The molecular formula is C44H27N3O. The standard InChI is InChI=1S/C44H27N3O/c1-6-18-36-31(13-1)32-14-2-7-19-37(32)45(36)29-25-28(26-30(27-29)46-38-20-8-3-15-33(38)34-16-4-9-21-39(34)46)43-35-17-5-10-22-40(35)47-41-23-11-12-24-42(41)48-44(43)47/h1-27H. The summed E-state index contributed by atoms with van der Waals surface area (Å²) >= 11 is 0. The molecule has 11 aromatic rings. The van der Waals surface area contributed by atoms with Crippen LogP contribution in [0.5, 0.6) is 0 Å². The summed E-state index contributed by atoms with van der Waals surface area (Å²) in [6.45, 7) is 0. The molecule has 0 bridgehead atoms. The van der Waals surface area contributed by atoms with Crippen molar-refractivity contribution >= 4 is 71.3 Å². The highest BCUT2D eigenvalue weighted by Gasteiger charge is 2.22. The zero-order chi connectivity index (χ0) is 31.3. The van der Waals surface area contributed by atoms with E-state index in [9.17, 15) is 0 Å². The Morgan fingerprint density at radius 3 is 1.25 bits per heavy atom. The molecule has 0 radical (unpaired) electrons. The van der Waals surface area contributed by atoms with Gasteiger partial charge in [0.1, 0.15) is 0 Å². The minimum Gasteiger partial charge on any atom is -0.438 e. The Bertz CT molecular complexity index is 2840. The fourth-order valence-electron chi connectivity index (χ4n) is 8.06. The maximum atomic E-state index is 6.71. The maximum Gasteiger partial charge on any atom is 0.213 e. The fraction of sp³-hybridized carbons (Fsp3) is 0. The van der Waals surface area contributed by atoms with Gasteiger partial charge in [0, 0.05) is 38.3 Å². The van der Waals surface area contributed by atoms with Gasteiger partial charge in [-0.3, -0.25) is 4.40 Å². The van der Waals surface area contributed by atoms with Crippen molar-refractivity contribution in [3.8, 4) is 22.5 Å². The van der Waals surface area contributed by atoms with Crippen LogP contribution in [0.2, 0.25) is 0 Å². The first kappa shape index (κ1) is 25.6. The van der Waals surface area contributed by atoms with Gasteiger partial charge in [-0.15, -0.1) is 0 Å². The molecule has 0 aliphatic rings. The van der Waals surface area contributed by atoms with E-state index in [0.29, 0.717) is 0 Å². The first-order chi connectivity index (χ1) is 23.8. The summed E-state index contributed by atoms with van der Waals surface area (Å²) in [6.07, 6.45) is 0. The van der Waals surface area contributed by atoms with E-state index in [-0.39, 0.29) is 0 Å². The van der Waals surface area contributed by atoms with Crippen molar-refractivity contribution in [3.63, 3.8) is 0 Å². The van der Waals surface area contributed by atoms with E-state index in [4.69, 9.17) is 4.42 Å². The summed E-state index contributed by atoms with van der Waals surface area (Å²) in [6, 6.07) is 58.9. The van der Waals surface area contributed by atoms with Gasteiger partial charge in [-0.1, -0.05) is 103 Å². The van der Waals surface area contributed by atoms with E-state index in [2.05, 4.69) is 171 Å². The lowest BCUT2D eigenvalue weighted by atomic mass is 10.0. The Morgan fingerprint density at radius 2 is 0.750 bits per heavy atom. The quantitative estimate of drug-likeness (QED) is 0.195. The predicted octanol–water partition coefficient (Wildman–Crippen LogP) is 11.7. The highest BCUT2D eigenvalue weighted by Crippen LogP contribution is 2.43. The molecule has 48 heavy (non-hydrogen) atoms. The van der Waals surface area contributed by atoms with Crippen LogP contribution >= 0.6 is 0 Å². The van der Waals surface area contributed by atoms with Crippen molar-refractivity contribution in [1.82, 2.24) is 13.5 Å². The second kappa shape index (κ2) is 9.50. The minimum absolute atomic E-state index is 0.852. The molecule has 4 heterocycles. The number of para-hydroxylation sites is 7. The molecular weight excluding hydrogens is 587 g/mol. The van der Waals surface area contributed by atoms with E-state index in [0.717, 1.165) is 50.2 Å². The van der Waals surface area contributed by atoms with Crippen LogP contribution in [0.4, 0.5) is 0 Å². The van der Waals surface area contributed by atoms with Gasteiger partial charge >= 0.3 is 0 Å². The van der Waals surface area contributed by atoms with Gasteiger partial charge in [0.2, 0.25) is 5.71 Å². The Hall–Kier alpha value is -6.52. The van der Waals surface area contributed by atoms with Gasteiger partial charge in [-0.2, -0.15) is 0 Å². The first-order valence-electron chi connectivity index (χ1n) is 16.4. The Kier molecular flexibility index (Phi) is 5.08. The summed E-state index contributed by atoms with van der Waals surface area (Å²) in [5.41, 5.74) is 13.0. The molecule has 0 unspecified atom stereocenters. The monoisotopic (exact) mass is 613 g/mol. The third-order valence-electron chi connectivity index (χ3n) is 10.0. The molecule has 4 nitrogen and oxygen atoms in total. The highest BCUT2D eigenvalue weighted by atomic mass is 16.3. The SMILES string of the molecule is c1ccc2c(c1)oc1c(-c3cc(-n4c5ccccc5c5ccccc54)cc(-n4c5ccccc5c5ccccc54)c3)c3ccccc3n12. The van der Waals surface area contributed by atoms with E-state index in [1.807, 2.05) is 6.07 Å². The largest absolute Gasteiger partial charge is 0.438 e. The van der Waals surface area contributed by atoms with Crippen molar-refractivity contribution in [2.24, 2.45) is 0 Å². The molecule has 0 amide bonds. The topological polar surface area (TPSA) is 27.4 Å². The van der Waals surface area contributed by atoms with Crippen molar-refractivity contribution in [1.29, 1.82) is 0 Å². The summed E-state index contributed by atoms with van der Waals surface area (Å²) in [7, 11) is 0. The molecule has 11 rings (SSSR count). The molecule has 0 atom stereocenters. The molecule has 0 N–H and O–H groups in total. The van der Waals surface area contributed by atoms with Crippen LogP contribution in [-0.2, 0) is 0 Å². The number of benzene rings is 7. The Labute approximate surface area is 274 Å². The summed E-state index contributed by atoms with van der Waals surface area (Å²) in [5, 5.41) is 6.13. The number of hydrogen-bond acceptors (Lipinski definition) is 1. The summed E-state index contributed by atoms with van der Waals surface area (Å²) in [5.74, 6) is 0. The maximum absolute atomic E-state index is 6.71. The molecule has 0 aliphatic carbocycles. The number of fused-ring (bicyclic) bond motifs is 11. The highest BCUT2D eigenvalue weighted by molar-refractivity contribution is 6.12. The number of hydrogen-bond donors (Lipinski definition) is 0. The Balaban J connectivity index is 1.32. The van der Waals surface area contributed by atoms with E-state index in [1.54, 1.807) is 0 Å². The average molecular weight is 614 g/mol. The van der Waals surface area contributed by atoms with Gasteiger partial charge in [0.15, 0.2) is 5.58 Å². The molecule has 4 heteroatoms. The third kappa shape index (κ3) is 3.38. The Morgan fingerprint density at radius 1 is 0.354 bits per heavy atom. The van der Waals surface area contributed by atoms with Crippen LogP contribution < -0.4 is 0 Å². The van der Waals surface area contributed by atoms with Crippen molar-refractivity contribution < 1.29 is 4.42 Å². The van der Waals surface area contributed by atoms with Crippen LogP contribution in [0.15, 0.2) is 168 Å². The summed E-state index contributed by atoms with van der Waals surface area (Å²) in [4.78, 5) is 0. The van der Waals surface area contributed by atoms with Gasteiger partial charge in [0.25, 0.3) is 0 Å². The van der Waals surface area contributed by atoms with Crippen LogP contribution in [0.3, 0.4) is 0 Å². The van der Waals surface area contributed by atoms with Gasteiger partial charge in [-0.25, -0.2) is 0 Å². The summed E-state index contributed by atoms with van der Waals surface area (Å²) < 4.78 is 13.8. The molecule has 7 aromatic carbocycles. The fourth-order valence-corrected chi connectivity index (χ4v) is 8.06. The van der Waals surface area contributed by atoms with Crippen LogP contribution in [-0.4, -0.2) is 13.5 Å². The van der Waals surface area contributed by atoms with Gasteiger partial charge in [0.05, 0.1) is 38.7 Å². The van der Waals surface area contributed by atoms with Crippen molar-refractivity contribution in [2.75, 3.05) is 0 Å². The van der Waals surface area contributed by atoms with Crippen LogP contribution in [0, 0.1) is 0 Å². The van der Waals surface area contributed by atoms with Gasteiger partial charge in [-0.05, 0) is 66.2 Å². The molecule has 4 aromatic heterocycles. The van der Waals surface area contributed by atoms with Crippen LogP contribution in [0.25, 0.3) is 93.8 Å². The van der Waals surface area contributed by atoms with E-state index >= 15 is 0 Å². The van der Waals surface area contributed by atoms with Crippen LogP contribution in [0.1, 0.15) is 0 Å². The predicted molar refractivity (Wildman–Crippen MR) is 199 cm³/mol. The normalized spacial score (nSPS) is 12.2. The zero-order valence-corrected chi connectivity index (χ0v) is 25.8. The minimum atomic E-state index is 0.852.